The summed E-state index contributed by atoms with van der Waals surface area (Å²) in [5.41, 5.74) is 3.05. The van der Waals surface area contributed by atoms with Crippen LogP contribution in [0.4, 0.5) is 11.4 Å². The SMILES string of the molecule is N#Cc1cccc(NC(=O)CCC2Cc3ccccc3NC2=O)c1. The summed E-state index contributed by atoms with van der Waals surface area (Å²) >= 11 is 0. The van der Waals surface area contributed by atoms with Gasteiger partial charge in [-0.05, 0) is 42.7 Å². The molecule has 0 fully saturated rings. The van der Waals surface area contributed by atoms with Crippen molar-refractivity contribution in [2.75, 3.05) is 10.6 Å². The first kappa shape index (κ1) is 15.8. The molecule has 0 bridgehead atoms. The predicted molar refractivity (Wildman–Crippen MR) is 91.3 cm³/mol. The number of nitriles is 1. The van der Waals surface area contributed by atoms with E-state index in [4.69, 9.17) is 5.26 Å². The molecule has 0 aromatic heterocycles. The highest BCUT2D eigenvalue weighted by molar-refractivity contribution is 5.96. The zero-order chi connectivity index (χ0) is 16.9. The maximum atomic E-state index is 12.1. The van der Waals surface area contributed by atoms with Gasteiger partial charge in [-0.1, -0.05) is 24.3 Å². The van der Waals surface area contributed by atoms with Crippen LogP contribution in [0.2, 0.25) is 0 Å². The molecule has 2 N–H and O–H groups in total. The summed E-state index contributed by atoms with van der Waals surface area (Å²) in [7, 11) is 0. The molecule has 0 aliphatic carbocycles. The van der Waals surface area contributed by atoms with Crippen molar-refractivity contribution in [1.82, 2.24) is 0 Å². The van der Waals surface area contributed by atoms with Crippen molar-refractivity contribution in [3.63, 3.8) is 0 Å². The van der Waals surface area contributed by atoms with E-state index in [0.717, 1.165) is 11.3 Å². The molecule has 2 aromatic carbocycles. The van der Waals surface area contributed by atoms with Gasteiger partial charge in [0.1, 0.15) is 0 Å². The van der Waals surface area contributed by atoms with Gasteiger partial charge in [0.25, 0.3) is 0 Å². The van der Waals surface area contributed by atoms with Gasteiger partial charge in [0.2, 0.25) is 11.8 Å². The number of rotatable bonds is 4. The number of carbonyl (C=O) groups excluding carboxylic acids is 2. The number of nitrogens with zero attached hydrogens (tertiary/aromatic N) is 1. The summed E-state index contributed by atoms with van der Waals surface area (Å²) in [6.45, 7) is 0. The van der Waals surface area contributed by atoms with E-state index in [2.05, 4.69) is 10.6 Å². The molecule has 1 aliphatic rings. The van der Waals surface area contributed by atoms with Crippen molar-refractivity contribution < 1.29 is 9.59 Å². The van der Waals surface area contributed by atoms with Gasteiger partial charge >= 0.3 is 0 Å². The number of benzene rings is 2. The third-order valence-electron chi connectivity index (χ3n) is 4.11. The molecule has 2 amide bonds. The molecule has 0 saturated carbocycles. The van der Waals surface area contributed by atoms with Crippen LogP contribution >= 0.6 is 0 Å². The monoisotopic (exact) mass is 319 g/mol. The number of nitrogens with one attached hydrogen (secondary N) is 2. The van der Waals surface area contributed by atoms with Gasteiger partial charge in [0.15, 0.2) is 0 Å². The van der Waals surface area contributed by atoms with E-state index in [9.17, 15) is 9.59 Å². The molecule has 0 radical (unpaired) electrons. The first-order valence-corrected chi connectivity index (χ1v) is 7.84. The van der Waals surface area contributed by atoms with Crippen molar-refractivity contribution in [2.24, 2.45) is 5.92 Å². The van der Waals surface area contributed by atoms with Crippen LogP contribution in [0.5, 0.6) is 0 Å². The normalized spacial score (nSPS) is 15.8. The van der Waals surface area contributed by atoms with Crippen molar-refractivity contribution in [3.8, 4) is 6.07 Å². The largest absolute Gasteiger partial charge is 0.326 e. The number of fused-ring (bicyclic) bond motifs is 1. The van der Waals surface area contributed by atoms with E-state index in [0.29, 0.717) is 24.1 Å². The molecule has 1 atom stereocenters. The Bertz CT molecular complexity index is 823. The van der Waals surface area contributed by atoms with Gasteiger partial charge < -0.3 is 10.6 Å². The van der Waals surface area contributed by atoms with Gasteiger partial charge in [-0.2, -0.15) is 5.26 Å². The third kappa shape index (κ3) is 3.61. The van der Waals surface area contributed by atoms with E-state index >= 15 is 0 Å². The molecular weight excluding hydrogens is 302 g/mol. The Kier molecular flexibility index (Phi) is 4.57. The first-order valence-electron chi connectivity index (χ1n) is 7.84. The van der Waals surface area contributed by atoms with E-state index in [1.165, 1.54) is 0 Å². The minimum atomic E-state index is -0.198. The maximum Gasteiger partial charge on any atom is 0.227 e. The number of amides is 2. The molecule has 120 valence electrons. The Balaban J connectivity index is 1.57. The van der Waals surface area contributed by atoms with Crippen molar-refractivity contribution in [1.29, 1.82) is 5.26 Å². The van der Waals surface area contributed by atoms with Crippen molar-refractivity contribution in [3.05, 3.63) is 59.7 Å². The van der Waals surface area contributed by atoms with Gasteiger partial charge in [0.05, 0.1) is 11.6 Å². The molecule has 1 unspecified atom stereocenters. The van der Waals surface area contributed by atoms with E-state index in [-0.39, 0.29) is 24.2 Å². The van der Waals surface area contributed by atoms with Crippen molar-refractivity contribution in [2.45, 2.75) is 19.3 Å². The first-order chi connectivity index (χ1) is 11.7. The minimum absolute atomic E-state index is 0.0343. The fourth-order valence-electron chi connectivity index (χ4n) is 2.84. The second-order valence-electron chi connectivity index (χ2n) is 5.83. The Morgan fingerprint density at radius 1 is 1.25 bits per heavy atom. The van der Waals surface area contributed by atoms with Gasteiger partial charge in [-0.3, -0.25) is 9.59 Å². The average molecular weight is 319 g/mol. The summed E-state index contributed by atoms with van der Waals surface area (Å²) in [5.74, 6) is -0.388. The molecular formula is C19H17N3O2. The van der Waals surface area contributed by atoms with E-state index in [1.807, 2.05) is 30.3 Å². The Morgan fingerprint density at radius 2 is 2.08 bits per heavy atom. The number of anilines is 2. The maximum absolute atomic E-state index is 12.1. The zero-order valence-electron chi connectivity index (χ0n) is 13.1. The summed E-state index contributed by atoms with van der Waals surface area (Å²) in [6, 6.07) is 16.5. The molecule has 0 saturated heterocycles. The van der Waals surface area contributed by atoms with Crippen LogP contribution in [0, 0.1) is 17.2 Å². The van der Waals surface area contributed by atoms with Crippen LogP contribution in [0.1, 0.15) is 24.0 Å². The molecule has 2 aromatic rings. The minimum Gasteiger partial charge on any atom is -0.326 e. The fourth-order valence-corrected chi connectivity index (χ4v) is 2.84. The molecule has 1 aliphatic heterocycles. The van der Waals surface area contributed by atoms with Crippen LogP contribution < -0.4 is 10.6 Å². The van der Waals surface area contributed by atoms with Crippen LogP contribution in [0.3, 0.4) is 0 Å². The highest BCUT2D eigenvalue weighted by atomic mass is 16.2. The van der Waals surface area contributed by atoms with Gasteiger partial charge in [-0.15, -0.1) is 0 Å². The zero-order valence-corrected chi connectivity index (χ0v) is 13.1. The van der Waals surface area contributed by atoms with Crippen molar-refractivity contribution >= 4 is 23.2 Å². The number of hydrogen-bond acceptors (Lipinski definition) is 3. The summed E-state index contributed by atoms with van der Waals surface area (Å²) in [5, 5.41) is 14.5. The number of carbonyl (C=O) groups is 2. The lowest BCUT2D eigenvalue weighted by molar-refractivity contribution is -0.121. The standard InChI is InChI=1S/C19H17N3O2/c20-12-13-4-3-6-16(10-13)21-18(23)9-8-15-11-14-5-1-2-7-17(14)22-19(15)24/h1-7,10,15H,8-9,11H2,(H,21,23)(H,22,24). The van der Waals surface area contributed by atoms with Crippen LogP contribution in [-0.4, -0.2) is 11.8 Å². The fraction of sp³-hybridized carbons (Fsp3) is 0.211. The van der Waals surface area contributed by atoms with E-state index in [1.54, 1.807) is 24.3 Å². The number of hydrogen-bond donors (Lipinski definition) is 2. The van der Waals surface area contributed by atoms with Crippen LogP contribution in [0.15, 0.2) is 48.5 Å². The smallest absolute Gasteiger partial charge is 0.227 e. The second kappa shape index (κ2) is 6.97. The predicted octanol–water partition coefficient (Wildman–Crippen LogP) is 3.09. The molecule has 1 heterocycles. The highest BCUT2D eigenvalue weighted by Crippen LogP contribution is 2.27. The van der Waals surface area contributed by atoms with Gasteiger partial charge in [-0.25, -0.2) is 0 Å². The highest BCUT2D eigenvalue weighted by Gasteiger charge is 2.26. The molecule has 3 rings (SSSR count). The summed E-state index contributed by atoms with van der Waals surface area (Å²) in [6.07, 6.45) is 1.40. The number of para-hydroxylation sites is 1. The van der Waals surface area contributed by atoms with E-state index < -0.39 is 0 Å². The Morgan fingerprint density at radius 3 is 2.92 bits per heavy atom. The Hall–Kier alpha value is -3.13. The van der Waals surface area contributed by atoms with Gasteiger partial charge in [0, 0.05) is 23.7 Å². The molecule has 0 spiro atoms. The van der Waals surface area contributed by atoms with Crippen LogP contribution in [0.25, 0.3) is 0 Å². The lowest BCUT2D eigenvalue weighted by Crippen LogP contribution is -2.30. The lowest BCUT2D eigenvalue weighted by atomic mass is 9.89. The second-order valence-corrected chi connectivity index (χ2v) is 5.83. The molecule has 24 heavy (non-hydrogen) atoms. The quantitative estimate of drug-likeness (QED) is 0.908. The molecule has 5 nitrogen and oxygen atoms in total. The topological polar surface area (TPSA) is 82.0 Å². The molecule has 5 heteroatoms. The van der Waals surface area contributed by atoms with Crippen LogP contribution in [-0.2, 0) is 16.0 Å². The Labute approximate surface area is 140 Å². The average Bonchev–Trinajstić information content (AvgIpc) is 2.60. The summed E-state index contributed by atoms with van der Waals surface area (Å²) in [4.78, 5) is 24.2. The third-order valence-corrected chi connectivity index (χ3v) is 4.11. The summed E-state index contributed by atoms with van der Waals surface area (Å²) < 4.78 is 0. The lowest BCUT2D eigenvalue weighted by Gasteiger charge is -2.24.